The highest BCUT2D eigenvalue weighted by atomic mass is 16.5. The molecule has 0 heterocycles. The Hall–Kier alpha value is -1.24. The van der Waals surface area contributed by atoms with Gasteiger partial charge < -0.3 is 44.9 Å². The predicted octanol–water partition coefficient (Wildman–Crippen LogP) is 0.820. The molecule has 0 aliphatic rings. The van der Waals surface area contributed by atoms with Crippen molar-refractivity contribution in [2.45, 2.75) is 114 Å². The topological polar surface area (TPSA) is 174 Å². The summed E-state index contributed by atoms with van der Waals surface area (Å²) in [7, 11) is 1.73. The molecule has 0 saturated heterocycles. The van der Waals surface area contributed by atoms with E-state index in [4.69, 9.17) is 14.6 Å². The second kappa shape index (κ2) is 22.9. The molecule has 2 unspecified atom stereocenters. The van der Waals surface area contributed by atoms with Crippen molar-refractivity contribution in [3.63, 3.8) is 0 Å². The Labute approximate surface area is 214 Å². The van der Waals surface area contributed by atoms with Crippen LogP contribution in [-0.2, 0) is 19.1 Å². The van der Waals surface area contributed by atoms with Gasteiger partial charge in [-0.3, -0.25) is 4.79 Å². The minimum absolute atomic E-state index is 0.106. The fourth-order valence-electron chi connectivity index (χ4n) is 3.73. The predicted molar refractivity (Wildman–Crippen MR) is 134 cm³/mol. The van der Waals surface area contributed by atoms with Crippen molar-refractivity contribution in [3.8, 4) is 0 Å². The van der Waals surface area contributed by atoms with Crippen LogP contribution < -0.4 is 0 Å². The van der Waals surface area contributed by atoms with Crippen LogP contribution in [-0.4, -0.2) is 106 Å². The highest BCUT2D eigenvalue weighted by molar-refractivity contribution is 5.94. The smallest absolute Gasteiger partial charge is 0.186 e. The maximum absolute atomic E-state index is 12.5. The first-order chi connectivity index (χ1) is 17.3. The molecule has 10 heteroatoms. The van der Waals surface area contributed by atoms with Gasteiger partial charge in [-0.15, -0.1) is 0 Å². The van der Waals surface area contributed by atoms with E-state index in [0.717, 1.165) is 32.3 Å². The Morgan fingerprint density at radius 3 is 1.72 bits per heavy atom. The third kappa shape index (κ3) is 15.8. The van der Waals surface area contributed by atoms with Crippen molar-refractivity contribution >= 4 is 12.1 Å². The molecule has 10 nitrogen and oxygen atoms in total. The number of unbranched alkanes of at least 4 members (excludes halogenated alkanes) is 11. The molecule has 0 aromatic carbocycles. The Morgan fingerprint density at radius 2 is 1.25 bits per heavy atom. The minimum atomic E-state index is -1.96. The van der Waals surface area contributed by atoms with E-state index < -0.39 is 55.6 Å². The van der Waals surface area contributed by atoms with E-state index in [1.54, 1.807) is 13.2 Å². The fourth-order valence-corrected chi connectivity index (χ4v) is 3.73. The highest BCUT2D eigenvalue weighted by Gasteiger charge is 2.36. The first kappa shape index (κ1) is 34.8. The molecule has 0 aliphatic heterocycles. The molecule has 0 bridgehead atoms. The van der Waals surface area contributed by atoms with Crippen LogP contribution in [0.3, 0.4) is 0 Å². The molecule has 212 valence electrons. The molecule has 0 aromatic rings. The van der Waals surface area contributed by atoms with Gasteiger partial charge >= 0.3 is 0 Å². The van der Waals surface area contributed by atoms with Gasteiger partial charge in [0, 0.05) is 13.7 Å². The van der Waals surface area contributed by atoms with Gasteiger partial charge in [-0.1, -0.05) is 63.9 Å². The molecule has 0 aromatic heterocycles. The standard InChI is InChI=1S/C26H48O10/c1-35-16-14-12-10-8-6-4-2-3-5-7-9-11-13-15-20(30)26(22(32)18-28)36-23(19-29)25(34)24(33)21(31)17-27/h13,15,19,21-28,31-34H,2-12,14,16-18H2,1H3/t21-,22?,23+,24-,25-,26?/m1/s1. The van der Waals surface area contributed by atoms with Gasteiger partial charge in [0.05, 0.1) is 13.2 Å². The molecule has 0 fully saturated rings. The van der Waals surface area contributed by atoms with Crippen LogP contribution in [0, 0.1) is 0 Å². The number of ether oxygens (including phenoxy) is 2. The summed E-state index contributed by atoms with van der Waals surface area (Å²) in [5.74, 6) is -0.713. The van der Waals surface area contributed by atoms with E-state index >= 15 is 0 Å². The van der Waals surface area contributed by atoms with E-state index in [0.29, 0.717) is 6.42 Å². The third-order valence-electron chi connectivity index (χ3n) is 6.02. The largest absolute Gasteiger partial charge is 0.394 e. The minimum Gasteiger partial charge on any atom is -0.394 e. The number of ketones is 1. The average molecular weight is 521 g/mol. The molecule has 0 radical (unpaired) electrons. The summed E-state index contributed by atoms with van der Waals surface area (Å²) in [5, 5.41) is 57.3. The molecule has 6 atom stereocenters. The Bertz CT molecular complexity index is 571. The molecule has 0 spiro atoms. The lowest BCUT2D eigenvalue weighted by Crippen LogP contribution is -2.51. The van der Waals surface area contributed by atoms with E-state index in [2.05, 4.69) is 0 Å². The second-order valence-corrected chi connectivity index (χ2v) is 9.11. The van der Waals surface area contributed by atoms with Crippen molar-refractivity contribution in [1.29, 1.82) is 0 Å². The van der Waals surface area contributed by atoms with Crippen LogP contribution in [0.15, 0.2) is 12.2 Å². The van der Waals surface area contributed by atoms with Crippen LogP contribution in [0.4, 0.5) is 0 Å². The zero-order chi connectivity index (χ0) is 27.2. The maximum atomic E-state index is 12.5. The lowest BCUT2D eigenvalue weighted by molar-refractivity contribution is -0.171. The Morgan fingerprint density at radius 1 is 0.750 bits per heavy atom. The van der Waals surface area contributed by atoms with E-state index in [-0.39, 0.29) is 6.29 Å². The van der Waals surface area contributed by atoms with Crippen molar-refractivity contribution in [3.05, 3.63) is 12.2 Å². The number of aliphatic hydroxyl groups is 6. The van der Waals surface area contributed by atoms with Gasteiger partial charge in [0.2, 0.25) is 0 Å². The number of carbonyl (C=O) groups is 2. The number of aldehydes is 1. The number of carbonyl (C=O) groups excluding carboxylic acids is 2. The molecule has 0 saturated carbocycles. The number of hydrogen-bond acceptors (Lipinski definition) is 10. The van der Waals surface area contributed by atoms with E-state index in [9.17, 15) is 35.1 Å². The number of rotatable bonds is 25. The molecule has 0 rings (SSSR count). The summed E-state index contributed by atoms with van der Waals surface area (Å²) < 4.78 is 10.2. The number of allylic oxidation sites excluding steroid dienone is 1. The zero-order valence-corrected chi connectivity index (χ0v) is 21.6. The summed E-state index contributed by atoms with van der Waals surface area (Å²) in [5.41, 5.74) is 0. The van der Waals surface area contributed by atoms with Crippen LogP contribution in [0.5, 0.6) is 0 Å². The van der Waals surface area contributed by atoms with Gasteiger partial charge in [0.1, 0.15) is 36.6 Å². The maximum Gasteiger partial charge on any atom is 0.186 e. The van der Waals surface area contributed by atoms with Crippen LogP contribution in [0.1, 0.15) is 77.0 Å². The normalized spacial score (nSPS) is 17.0. The molecule has 6 N–H and O–H groups in total. The molecular weight excluding hydrogens is 472 g/mol. The van der Waals surface area contributed by atoms with Crippen molar-refractivity contribution in [1.82, 2.24) is 0 Å². The summed E-state index contributed by atoms with van der Waals surface area (Å²) in [4.78, 5) is 23.8. The van der Waals surface area contributed by atoms with Crippen molar-refractivity contribution < 1.29 is 49.7 Å². The molecule has 36 heavy (non-hydrogen) atoms. The van der Waals surface area contributed by atoms with Crippen LogP contribution in [0.2, 0.25) is 0 Å². The van der Waals surface area contributed by atoms with Gasteiger partial charge in [0.15, 0.2) is 12.1 Å². The molecule has 0 amide bonds. The van der Waals surface area contributed by atoms with Crippen molar-refractivity contribution in [2.24, 2.45) is 0 Å². The van der Waals surface area contributed by atoms with E-state index in [1.807, 2.05) is 0 Å². The van der Waals surface area contributed by atoms with Gasteiger partial charge in [-0.2, -0.15) is 0 Å². The summed E-state index contributed by atoms with van der Waals surface area (Å²) in [6.07, 6.45) is 5.69. The monoisotopic (exact) mass is 520 g/mol. The molecular formula is C26H48O10. The third-order valence-corrected chi connectivity index (χ3v) is 6.02. The second-order valence-electron chi connectivity index (χ2n) is 9.11. The van der Waals surface area contributed by atoms with Crippen molar-refractivity contribution in [2.75, 3.05) is 26.9 Å². The lowest BCUT2D eigenvalue weighted by Gasteiger charge is -2.29. The average Bonchev–Trinajstić information content (AvgIpc) is 2.89. The highest BCUT2D eigenvalue weighted by Crippen LogP contribution is 2.14. The SMILES string of the molecule is COCCCCCCCCCCCCCC=CC(=O)C(O[C@@H](C=O)[C@@H](O)[C@H](O)[C@H](O)CO)C(O)CO. The van der Waals surface area contributed by atoms with Gasteiger partial charge in [0.25, 0.3) is 0 Å². The van der Waals surface area contributed by atoms with E-state index in [1.165, 1.54) is 51.0 Å². The van der Waals surface area contributed by atoms with Gasteiger partial charge in [-0.05, 0) is 25.3 Å². The molecule has 0 aliphatic carbocycles. The first-order valence-electron chi connectivity index (χ1n) is 13.1. The number of hydrogen-bond donors (Lipinski definition) is 6. The van der Waals surface area contributed by atoms with Gasteiger partial charge in [-0.25, -0.2) is 0 Å². The summed E-state index contributed by atoms with van der Waals surface area (Å²) in [6, 6.07) is 0. The fraction of sp³-hybridized carbons (Fsp3) is 0.846. The summed E-state index contributed by atoms with van der Waals surface area (Å²) in [6.45, 7) is -0.860. The Balaban J connectivity index is 4.29. The first-order valence-corrected chi connectivity index (χ1v) is 13.1. The quantitative estimate of drug-likeness (QED) is 0.0574. The zero-order valence-electron chi connectivity index (χ0n) is 21.6. The number of aliphatic hydroxyl groups excluding tert-OH is 6. The number of methoxy groups -OCH3 is 1. The van der Waals surface area contributed by atoms with Crippen LogP contribution in [0.25, 0.3) is 0 Å². The summed E-state index contributed by atoms with van der Waals surface area (Å²) >= 11 is 0. The Kier molecular flexibility index (Phi) is 22.1. The lowest BCUT2D eigenvalue weighted by atomic mass is 10.0. The van der Waals surface area contributed by atoms with Crippen LogP contribution >= 0.6 is 0 Å².